The van der Waals surface area contributed by atoms with Crippen LogP contribution in [0.1, 0.15) is 29.6 Å². The van der Waals surface area contributed by atoms with Crippen LogP contribution in [-0.4, -0.2) is 48.2 Å². The number of hydrogen-bond acceptors (Lipinski definition) is 3. The van der Waals surface area contributed by atoms with Gasteiger partial charge < -0.3 is 10.4 Å². The van der Waals surface area contributed by atoms with E-state index in [0.717, 1.165) is 25.8 Å². The van der Waals surface area contributed by atoms with Gasteiger partial charge in [0, 0.05) is 19.1 Å². The highest BCUT2D eigenvalue weighted by Gasteiger charge is 2.23. The molecule has 6 heteroatoms. The highest BCUT2D eigenvalue weighted by Crippen LogP contribution is 2.19. The zero-order chi connectivity index (χ0) is 15.2. The summed E-state index contributed by atoms with van der Waals surface area (Å²) < 4.78 is 13.8. The predicted molar refractivity (Wildman–Crippen MR) is 80.0 cm³/mol. The fourth-order valence-electron chi connectivity index (χ4n) is 2.70. The van der Waals surface area contributed by atoms with Crippen molar-refractivity contribution in [3.63, 3.8) is 0 Å². The highest BCUT2D eigenvalue weighted by atomic mass is 35.5. The second kappa shape index (κ2) is 7.73. The second-order valence-electron chi connectivity index (χ2n) is 5.22. The lowest BCUT2D eigenvalue weighted by Crippen LogP contribution is -2.47. The number of nitrogens with zero attached hydrogens (tertiary/aromatic N) is 1. The van der Waals surface area contributed by atoms with Crippen molar-refractivity contribution in [3.05, 3.63) is 34.6 Å². The van der Waals surface area contributed by atoms with Gasteiger partial charge in [-0.25, -0.2) is 4.39 Å². The van der Waals surface area contributed by atoms with Gasteiger partial charge in [-0.15, -0.1) is 0 Å². The van der Waals surface area contributed by atoms with Gasteiger partial charge in [-0.1, -0.05) is 24.1 Å². The third kappa shape index (κ3) is 4.15. The lowest BCUT2D eigenvalue weighted by atomic mass is 10.0. The van der Waals surface area contributed by atoms with Gasteiger partial charge in [0.15, 0.2) is 5.82 Å². The molecule has 1 saturated heterocycles. The van der Waals surface area contributed by atoms with Crippen LogP contribution in [0, 0.1) is 5.82 Å². The van der Waals surface area contributed by atoms with Crippen molar-refractivity contribution in [2.45, 2.75) is 25.3 Å². The van der Waals surface area contributed by atoms with E-state index in [9.17, 15) is 9.18 Å². The van der Waals surface area contributed by atoms with Gasteiger partial charge in [-0.2, -0.15) is 0 Å². The second-order valence-corrected chi connectivity index (χ2v) is 5.63. The number of nitrogens with one attached hydrogen (secondary N) is 1. The molecule has 1 amide bonds. The molecule has 0 aliphatic carbocycles. The third-order valence-corrected chi connectivity index (χ3v) is 4.12. The fourth-order valence-corrected chi connectivity index (χ4v) is 2.87. The normalized spacial score (nSPS) is 19.5. The smallest absolute Gasteiger partial charge is 0.254 e. The van der Waals surface area contributed by atoms with Crippen molar-refractivity contribution in [1.29, 1.82) is 0 Å². The Morgan fingerprint density at radius 3 is 3.05 bits per heavy atom. The van der Waals surface area contributed by atoms with E-state index >= 15 is 0 Å². The zero-order valence-corrected chi connectivity index (χ0v) is 12.6. The molecular weight excluding hydrogens is 295 g/mol. The molecule has 0 saturated carbocycles. The van der Waals surface area contributed by atoms with Crippen LogP contribution in [-0.2, 0) is 0 Å². The summed E-state index contributed by atoms with van der Waals surface area (Å²) in [5, 5.41) is 11.8. The van der Waals surface area contributed by atoms with E-state index in [2.05, 4.69) is 10.2 Å². The monoisotopic (exact) mass is 314 g/mol. The number of carbonyl (C=O) groups is 1. The Balaban J connectivity index is 1.95. The predicted octanol–water partition coefficient (Wildman–Crippen LogP) is 2.06. The molecule has 0 bridgehead atoms. The molecule has 21 heavy (non-hydrogen) atoms. The summed E-state index contributed by atoms with van der Waals surface area (Å²) in [4.78, 5) is 14.2. The number of β-amino-alcohol motifs (C(OH)–C–C–N with tert-alkyl or cyclic N) is 1. The molecule has 1 fully saturated rings. The summed E-state index contributed by atoms with van der Waals surface area (Å²) in [6.45, 7) is 2.08. The van der Waals surface area contributed by atoms with Gasteiger partial charge in [0.2, 0.25) is 0 Å². The number of benzene rings is 1. The molecule has 1 aliphatic rings. The molecule has 1 aromatic rings. The van der Waals surface area contributed by atoms with Crippen LogP contribution >= 0.6 is 11.6 Å². The number of aliphatic hydroxyl groups excluding tert-OH is 1. The molecule has 4 nitrogen and oxygen atoms in total. The Bertz CT molecular complexity index is 497. The maximum Gasteiger partial charge on any atom is 0.254 e. The molecule has 1 atom stereocenters. The minimum Gasteiger partial charge on any atom is -0.395 e. The summed E-state index contributed by atoms with van der Waals surface area (Å²) in [5.41, 5.74) is -0.0352. The molecule has 0 spiro atoms. The molecule has 0 aromatic heterocycles. The minimum atomic E-state index is -0.687. The largest absolute Gasteiger partial charge is 0.395 e. The van der Waals surface area contributed by atoms with Crippen LogP contribution < -0.4 is 5.32 Å². The first-order valence-corrected chi connectivity index (χ1v) is 7.58. The van der Waals surface area contributed by atoms with Crippen molar-refractivity contribution in [1.82, 2.24) is 10.2 Å². The van der Waals surface area contributed by atoms with Crippen LogP contribution in [0.25, 0.3) is 0 Å². The van der Waals surface area contributed by atoms with E-state index < -0.39 is 11.7 Å². The third-order valence-electron chi connectivity index (χ3n) is 3.83. The molecular formula is C15H20ClFN2O2. The van der Waals surface area contributed by atoms with Crippen molar-refractivity contribution in [2.75, 3.05) is 26.2 Å². The Kier molecular flexibility index (Phi) is 5.96. The van der Waals surface area contributed by atoms with Gasteiger partial charge in [0.25, 0.3) is 5.91 Å². The van der Waals surface area contributed by atoms with Gasteiger partial charge >= 0.3 is 0 Å². The molecule has 1 heterocycles. The van der Waals surface area contributed by atoms with Gasteiger partial charge in [0.1, 0.15) is 0 Å². The molecule has 2 N–H and O–H groups in total. The van der Waals surface area contributed by atoms with Crippen molar-refractivity contribution >= 4 is 17.5 Å². The number of rotatable bonds is 5. The SMILES string of the molecule is O=C(NCC1CCCCN1CCO)c1cccc(Cl)c1F. The van der Waals surface area contributed by atoms with Crippen LogP contribution in [0.4, 0.5) is 4.39 Å². The summed E-state index contributed by atoms with van der Waals surface area (Å²) in [5.74, 6) is -1.14. The quantitative estimate of drug-likeness (QED) is 0.874. The molecule has 1 unspecified atom stereocenters. The number of amides is 1. The standard InChI is InChI=1S/C15H20ClFN2O2/c16-13-6-3-5-12(14(13)17)15(21)18-10-11-4-1-2-7-19(11)8-9-20/h3,5-6,11,20H,1-2,4,7-10H2,(H,18,21). The lowest BCUT2D eigenvalue weighted by Gasteiger charge is -2.35. The Morgan fingerprint density at radius 2 is 2.29 bits per heavy atom. The molecule has 116 valence electrons. The fraction of sp³-hybridized carbons (Fsp3) is 0.533. The maximum absolute atomic E-state index is 13.8. The van der Waals surface area contributed by atoms with Crippen molar-refractivity contribution < 1.29 is 14.3 Å². The van der Waals surface area contributed by atoms with Gasteiger partial charge in [-0.3, -0.25) is 9.69 Å². The first-order chi connectivity index (χ1) is 10.1. The van der Waals surface area contributed by atoms with E-state index in [1.807, 2.05) is 0 Å². The van der Waals surface area contributed by atoms with Crippen LogP contribution in [0.2, 0.25) is 5.02 Å². The number of likely N-dealkylation sites (tertiary alicyclic amines) is 1. The molecule has 1 aliphatic heterocycles. The maximum atomic E-state index is 13.8. The average Bonchev–Trinajstić information content (AvgIpc) is 2.49. The summed E-state index contributed by atoms with van der Waals surface area (Å²) >= 11 is 5.68. The van der Waals surface area contributed by atoms with E-state index in [-0.39, 0.29) is 23.2 Å². The number of aliphatic hydroxyl groups is 1. The minimum absolute atomic E-state index is 0.0352. The van der Waals surface area contributed by atoms with E-state index in [1.54, 1.807) is 6.07 Å². The number of carbonyl (C=O) groups excluding carboxylic acids is 1. The Hall–Kier alpha value is -1.17. The van der Waals surface area contributed by atoms with E-state index in [0.29, 0.717) is 13.1 Å². The highest BCUT2D eigenvalue weighted by molar-refractivity contribution is 6.31. The van der Waals surface area contributed by atoms with E-state index in [4.69, 9.17) is 16.7 Å². The molecule has 2 rings (SSSR count). The first kappa shape index (κ1) is 16.2. The Labute approximate surface area is 128 Å². The zero-order valence-electron chi connectivity index (χ0n) is 11.8. The van der Waals surface area contributed by atoms with Crippen LogP contribution in [0.15, 0.2) is 18.2 Å². The van der Waals surface area contributed by atoms with Gasteiger partial charge in [-0.05, 0) is 31.5 Å². The number of hydrogen-bond donors (Lipinski definition) is 2. The van der Waals surface area contributed by atoms with E-state index in [1.165, 1.54) is 12.1 Å². The topological polar surface area (TPSA) is 52.6 Å². The number of piperidine rings is 1. The first-order valence-electron chi connectivity index (χ1n) is 7.20. The molecule has 1 aromatic carbocycles. The lowest BCUT2D eigenvalue weighted by molar-refractivity contribution is 0.0886. The van der Waals surface area contributed by atoms with Crippen molar-refractivity contribution in [2.24, 2.45) is 0 Å². The van der Waals surface area contributed by atoms with Crippen LogP contribution in [0.3, 0.4) is 0 Å². The number of halogens is 2. The summed E-state index contributed by atoms with van der Waals surface area (Å²) in [6.07, 6.45) is 3.18. The molecule has 0 radical (unpaired) electrons. The Morgan fingerprint density at radius 1 is 1.48 bits per heavy atom. The van der Waals surface area contributed by atoms with Crippen LogP contribution in [0.5, 0.6) is 0 Å². The van der Waals surface area contributed by atoms with Crippen molar-refractivity contribution in [3.8, 4) is 0 Å². The summed E-state index contributed by atoms with van der Waals surface area (Å²) in [7, 11) is 0. The van der Waals surface area contributed by atoms with Gasteiger partial charge in [0.05, 0.1) is 17.2 Å². The summed E-state index contributed by atoms with van der Waals surface area (Å²) in [6, 6.07) is 4.58. The average molecular weight is 315 g/mol.